The van der Waals surface area contributed by atoms with Crippen LogP contribution in [-0.2, 0) is 0 Å². The van der Waals surface area contributed by atoms with E-state index in [2.05, 4.69) is 179 Å². The molecule has 0 bridgehead atoms. The maximum absolute atomic E-state index is 5.06. The SMILES string of the molecule is c1ccc(-c2ccc(-n3cc(-c4cccc5ccccc45)c4nccc(N(c5ccccc5)c5ccccc5)c43)cc2)cc1. The zero-order chi connectivity index (χ0) is 29.3. The molecule has 0 N–H and O–H groups in total. The normalized spacial score (nSPS) is 11.2. The summed E-state index contributed by atoms with van der Waals surface area (Å²) in [5.74, 6) is 0. The van der Waals surface area contributed by atoms with E-state index in [1.807, 2.05) is 6.20 Å². The molecule has 3 nitrogen and oxygen atoms in total. The van der Waals surface area contributed by atoms with E-state index in [9.17, 15) is 0 Å². The molecule has 2 heterocycles. The van der Waals surface area contributed by atoms with Gasteiger partial charge in [-0.25, -0.2) is 0 Å². The summed E-state index contributed by atoms with van der Waals surface area (Å²) in [6.45, 7) is 0. The predicted octanol–water partition coefficient (Wildman–Crippen LogP) is 11.0. The van der Waals surface area contributed by atoms with Gasteiger partial charge >= 0.3 is 0 Å². The smallest absolute Gasteiger partial charge is 0.0985 e. The molecule has 3 heteroatoms. The maximum Gasteiger partial charge on any atom is 0.0985 e. The second-order valence-electron chi connectivity index (χ2n) is 10.9. The van der Waals surface area contributed by atoms with Crippen molar-refractivity contribution in [2.45, 2.75) is 0 Å². The van der Waals surface area contributed by atoms with Crippen LogP contribution in [0.15, 0.2) is 176 Å². The van der Waals surface area contributed by atoms with Crippen LogP contribution < -0.4 is 4.90 Å². The lowest BCUT2D eigenvalue weighted by Gasteiger charge is -2.26. The number of fused-ring (bicyclic) bond motifs is 2. The van der Waals surface area contributed by atoms with Crippen LogP contribution in [0.5, 0.6) is 0 Å². The van der Waals surface area contributed by atoms with Crippen LogP contribution in [0.2, 0.25) is 0 Å². The molecule has 0 atom stereocenters. The molecule has 0 saturated carbocycles. The Morgan fingerprint density at radius 1 is 0.477 bits per heavy atom. The summed E-state index contributed by atoms with van der Waals surface area (Å²) in [5, 5.41) is 2.42. The lowest BCUT2D eigenvalue weighted by Crippen LogP contribution is -2.11. The molecule has 6 aromatic carbocycles. The lowest BCUT2D eigenvalue weighted by atomic mass is 9.99. The summed E-state index contributed by atoms with van der Waals surface area (Å²) >= 11 is 0. The summed E-state index contributed by atoms with van der Waals surface area (Å²) in [4.78, 5) is 7.38. The highest BCUT2D eigenvalue weighted by Gasteiger charge is 2.22. The Morgan fingerprint density at radius 2 is 1.07 bits per heavy atom. The number of anilines is 3. The van der Waals surface area contributed by atoms with Gasteiger partial charge < -0.3 is 9.47 Å². The highest BCUT2D eigenvalue weighted by Crippen LogP contribution is 2.43. The topological polar surface area (TPSA) is 21.1 Å². The number of hydrogen-bond donors (Lipinski definition) is 0. The largest absolute Gasteiger partial charge is 0.313 e. The van der Waals surface area contributed by atoms with Crippen LogP contribution in [0, 0.1) is 0 Å². The Bertz CT molecular complexity index is 2160. The van der Waals surface area contributed by atoms with Crippen LogP contribution in [0.4, 0.5) is 17.1 Å². The molecule has 8 aromatic rings. The van der Waals surface area contributed by atoms with E-state index >= 15 is 0 Å². The third-order valence-electron chi connectivity index (χ3n) is 8.26. The zero-order valence-corrected chi connectivity index (χ0v) is 24.1. The van der Waals surface area contributed by atoms with E-state index in [0.717, 1.165) is 39.3 Å². The fourth-order valence-corrected chi connectivity index (χ4v) is 6.20. The van der Waals surface area contributed by atoms with Crippen LogP contribution in [0.1, 0.15) is 0 Å². The minimum Gasteiger partial charge on any atom is -0.313 e. The number of nitrogens with zero attached hydrogens (tertiary/aromatic N) is 3. The number of pyridine rings is 1. The molecule has 208 valence electrons. The monoisotopic (exact) mass is 563 g/mol. The third-order valence-corrected chi connectivity index (χ3v) is 8.26. The molecule has 0 aliphatic carbocycles. The van der Waals surface area contributed by atoms with Crippen molar-refractivity contribution < 1.29 is 0 Å². The zero-order valence-electron chi connectivity index (χ0n) is 24.1. The van der Waals surface area contributed by atoms with Gasteiger partial charge in [0.05, 0.1) is 16.7 Å². The molecular formula is C41H29N3. The number of aromatic nitrogens is 2. The first kappa shape index (κ1) is 25.8. The van der Waals surface area contributed by atoms with Crippen molar-refractivity contribution in [3.63, 3.8) is 0 Å². The quantitative estimate of drug-likeness (QED) is 0.201. The molecule has 2 aromatic heterocycles. The van der Waals surface area contributed by atoms with Gasteiger partial charge in [0.25, 0.3) is 0 Å². The Labute approximate surface area is 256 Å². The van der Waals surface area contributed by atoms with Crippen molar-refractivity contribution in [1.29, 1.82) is 0 Å². The molecule has 0 aliphatic heterocycles. The second kappa shape index (κ2) is 11.0. The van der Waals surface area contributed by atoms with Crippen LogP contribution in [-0.4, -0.2) is 9.55 Å². The van der Waals surface area contributed by atoms with E-state index in [1.165, 1.54) is 27.5 Å². The van der Waals surface area contributed by atoms with Crippen molar-refractivity contribution in [3.8, 4) is 27.9 Å². The number of para-hydroxylation sites is 2. The van der Waals surface area contributed by atoms with Gasteiger partial charge in [0, 0.05) is 35.0 Å². The molecule has 0 radical (unpaired) electrons. The molecule has 0 spiro atoms. The van der Waals surface area contributed by atoms with Crippen LogP contribution in [0.25, 0.3) is 49.7 Å². The summed E-state index contributed by atoms with van der Waals surface area (Å²) in [6.07, 6.45) is 4.20. The van der Waals surface area contributed by atoms with E-state index < -0.39 is 0 Å². The maximum atomic E-state index is 5.06. The standard InChI is InChI=1S/C41H29N3/c1-4-13-30(14-5-1)31-23-25-33(26-24-31)43-29-38(37-22-12-16-32-15-10-11-21-36(32)37)40-41(43)39(27-28-42-40)44(34-17-6-2-7-18-34)35-19-8-3-9-20-35/h1-29H. The molecule has 0 unspecified atom stereocenters. The van der Waals surface area contributed by atoms with E-state index in [0.29, 0.717) is 0 Å². The molecule has 8 rings (SSSR count). The Balaban J connectivity index is 1.41. The Kier molecular flexibility index (Phi) is 6.47. The van der Waals surface area contributed by atoms with Crippen LogP contribution in [0.3, 0.4) is 0 Å². The molecule has 0 fully saturated rings. The van der Waals surface area contributed by atoms with Gasteiger partial charge in [0.2, 0.25) is 0 Å². The minimum atomic E-state index is 0.961. The molecular weight excluding hydrogens is 534 g/mol. The van der Waals surface area contributed by atoms with Gasteiger partial charge in [-0.05, 0) is 69.9 Å². The average molecular weight is 564 g/mol. The van der Waals surface area contributed by atoms with Gasteiger partial charge in [0.15, 0.2) is 0 Å². The van der Waals surface area contributed by atoms with Crippen LogP contribution >= 0.6 is 0 Å². The lowest BCUT2D eigenvalue weighted by molar-refractivity contribution is 1.12. The fourth-order valence-electron chi connectivity index (χ4n) is 6.20. The van der Waals surface area contributed by atoms with Crippen molar-refractivity contribution in [2.24, 2.45) is 0 Å². The van der Waals surface area contributed by atoms with E-state index in [1.54, 1.807) is 0 Å². The third kappa shape index (κ3) is 4.52. The highest BCUT2D eigenvalue weighted by molar-refractivity contribution is 6.08. The summed E-state index contributed by atoms with van der Waals surface area (Å²) in [5.41, 5.74) is 11.0. The van der Waals surface area contributed by atoms with Gasteiger partial charge in [-0.1, -0.05) is 121 Å². The average Bonchev–Trinajstić information content (AvgIpc) is 3.50. The van der Waals surface area contributed by atoms with Crippen molar-refractivity contribution in [3.05, 3.63) is 176 Å². The van der Waals surface area contributed by atoms with Crippen molar-refractivity contribution in [1.82, 2.24) is 9.55 Å². The Hall–Kier alpha value is -5.93. The van der Waals surface area contributed by atoms with Crippen molar-refractivity contribution >= 4 is 38.9 Å². The van der Waals surface area contributed by atoms with Gasteiger partial charge in [0.1, 0.15) is 0 Å². The molecule has 0 saturated heterocycles. The van der Waals surface area contributed by atoms with Crippen molar-refractivity contribution in [2.75, 3.05) is 4.90 Å². The van der Waals surface area contributed by atoms with E-state index in [-0.39, 0.29) is 0 Å². The number of benzene rings is 6. The van der Waals surface area contributed by atoms with Gasteiger partial charge in [-0.2, -0.15) is 0 Å². The summed E-state index contributed by atoms with van der Waals surface area (Å²) < 4.78 is 2.31. The first-order chi connectivity index (χ1) is 21.8. The van der Waals surface area contributed by atoms with E-state index in [4.69, 9.17) is 4.98 Å². The van der Waals surface area contributed by atoms with Gasteiger partial charge in [-0.15, -0.1) is 0 Å². The summed E-state index contributed by atoms with van der Waals surface area (Å²) in [6, 6.07) is 57.7. The highest BCUT2D eigenvalue weighted by atomic mass is 15.2. The first-order valence-electron chi connectivity index (χ1n) is 14.9. The predicted molar refractivity (Wildman–Crippen MR) is 184 cm³/mol. The molecule has 0 aliphatic rings. The second-order valence-corrected chi connectivity index (χ2v) is 10.9. The molecule has 0 amide bonds. The number of hydrogen-bond acceptors (Lipinski definition) is 2. The summed E-state index contributed by atoms with van der Waals surface area (Å²) in [7, 11) is 0. The fraction of sp³-hybridized carbons (Fsp3) is 0. The number of rotatable bonds is 6. The minimum absolute atomic E-state index is 0.961. The van der Waals surface area contributed by atoms with Gasteiger partial charge in [-0.3, -0.25) is 4.98 Å². The first-order valence-corrected chi connectivity index (χ1v) is 14.9. The molecule has 44 heavy (non-hydrogen) atoms. The Morgan fingerprint density at radius 3 is 1.77 bits per heavy atom.